The summed E-state index contributed by atoms with van der Waals surface area (Å²) in [5.74, 6) is 1.92. The van der Waals surface area contributed by atoms with Gasteiger partial charge in [0, 0.05) is 28.4 Å². The van der Waals surface area contributed by atoms with Crippen LogP contribution in [0.25, 0.3) is 0 Å². The summed E-state index contributed by atoms with van der Waals surface area (Å²) in [6.07, 6.45) is 0.169. The number of hydrogen-bond donors (Lipinski definition) is 2. The van der Waals surface area contributed by atoms with E-state index in [4.69, 9.17) is 5.11 Å². The zero-order chi connectivity index (χ0) is 8.69. The molecular formula is C7H10BrNO2. The van der Waals surface area contributed by atoms with E-state index in [0.717, 1.165) is 0 Å². The third kappa shape index (κ3) is 7.37. The van der Waals surface area contributed by atoms with E-state index in [1.54, 1.807) is 6.92 Å². The van der Waals surface area contributed by atoms with E-state index in [0.29, 0.717) is 13.0 Å². The third-order valence-electron chi connectivity index (χ3n) is 1.01. The zero-order valence-corrected chi connectivity index (χ0v) is 7.81. The van der Waals surface area contributed by atoms with Crippen molar-refractivity contribution in [3.63, 3.8) is 0 Å². The van der Waals surface area contributed by atoms with Crippen LogP contribution in [0.15, 0.2) is 0 Å². The van der Waals surface area contributed by atoms with Gasteiger partial charge < -0.3 is 10.4 Å². The van der Waals surface area contributed by atoms with Crippen LogP contribution in [0, 0.1) is 10.8 Å². The first kappa shape index (κ1) is 10.5. The van der Waals surface area contributed by atoms with Crippen molar-refractivity contribution in [2.75, 3.05) is 6.54 Å². The topological polar surface area (TPSA) is 49.3 Å². The molecule has 1 atom stereocenters. The molecule has 0 radical (unpaired) electrons. The van der Waals surface area contributed by atoms with Crippen LogP contribution in [0.5, 0.6) is 0 Å². The standard InChI is InChI=1S/C7H10BrNO2/c1-6(10)3-5-9-7(11)2-4-8/h6,10H,3,5H2,1H3,(H,9,11). The summed E-state index contributed by atoms with van der Waals surface area (Å²) >= 11 is 2.80. The Morgan fingerprint density at radius 1 is 1.82 bits per heavy atom. The summed E-state index contributed by atoms with van der Waals surface area (Å²) in [6.45, 7) is 2.13. The number of nitrogens with one attached hydrogen (secondary N) is 1. The summed E-state index contributed by atoms with van der Waals surface area (Å²) in [5, 5.41) is 11.3. The Labute approximate surface area is 74.3 Å². The largest absolute Gasteiger partial charge is 0.393 e. The molecule has 4 heteroatoms. The molecule has 0 rings (SSSR count). The maximum atomic E-state index is 10.6. The first-order valence-electron chi connectivity index (χ1n) is 3.24. The molecule has 0 saturated carbocycles. The molecule has 0 spiro atoms. The van der Waals surface area contributed by atoms with E-state index in [2.05, 4.69) is 32.0 Å². The number of carbonyl (C=O) groups is 1. The van der Waals surface area contributed by atoms with Gasteiger partial charge in [-0.1, -0.05) is 0 Å². The lowest BCUT2D eigenvalue weighted by Crippen LogP contribution is -2.24. The van der Waals surface area contributed by atoms with E-state index in [9.17, 15) is 4.79 Å². The zero-order valence-electron chi connectivity index (χ0n) is 6.22. The molecule has 0 aliphatic carbocycles. The van der Waals surface area contributed by atoms with Gasteiger partial charge in [0.2, 0.25) is 0 Å². The number of aliphatic hydroxyl groups is 1. The summed E-state index contributed by atoms with van der Waals surface area (Å²) in [5.41, 5.74) is 0. The van der Waals surface area contributed by atoms with Crippen molar-refractivity contribution in [2.45, 2.75) is 19.4 Å². The van der Waals surface area contributed by atoms with Gasteiger partial charge in [0.15, 0.2) is 0 Å². The van der Waals surface area contributed by atoms with Crippen molar-refractivity contribution < 1.29 is 9.90 Å². The predicted molar refractivity (Wildman–Crippen MR) is 46.0 cm³/mol. The lowest BCUT2D eigenvalue weighted by molar-refractivity contribution is -0.115. The van der Waals surface area contributed by atoms with Gasteiger partial charge in [-0.25, -0.2) is 0 Å². The van der Waals surface area contributed by atoms with E-state index in [-0.39, 0.29) is 12.0 Å². The van der Waals surface area contributed by atoms with Gasteiger partial charge in [0.05, 0.1) is 6.10 Å². The van der Waals surface area contributed by atoms with Crippen LogP contribution in [0.2, 0.25) is 0 Å². The highest BCUT2D eigenvalue weighted by molar-refractivity contribution is 9.12. The van der Waals surface area contributed by atoms with E-state index < -0.39 is 0 Å². The molecular weight excluding hydrogens is 210 g/mol. The fraction of sp³-hybridized carbons (Fsp3) is 0.571. The van der Waals surface area contributed by atoms with Gasteiger partial charge in [-0.3, -0.25) is 4.79 Å². The number of rotatable bonds is 3. The average molecular weight is 220 g/mol. The average Bonchev–Trinajstić information content (AvgIpc) is 1.87. The minimum atomic E-state index is -0.382. The lowest BCUT2D eigenvalue weighted by atomic mass is 10.3. The summed E-state index contributed by atoms with van der Waals surface area (Å²) in [7, 11) is 0. The fourth-order valence-electron chi connectivity index (χ4n) is 0.482. The van der Waals surface area contributed by atoms with Crippen LogP contribution in [0.4, 0.5) is 0 Å². The number of halogens is 1. The Kier molecular flexibility index (Phi) is 5.90. The quantitative estimate of drug-likeness (QED) is 0.669. The predicted octanol–water partition coefficient (Wildman–Crippen LogP) is 0.229. The van der Waals surface area contributed by atoms with Crippen molar-refractivity contribution in [3.8, 4) is 10.8 Å². The van der Waals surface area contributed by atoms with Crippen molar-refractivity contribution in [3.05, 3.63) is 0 Å². The van der Waals surface area contributed by atoms with Gasteiger partial charge in [-0.2, -0.15) is 0 Å². The smallest absolute Gasteiger partial charge is 0.296 e. The van der Waals surface area contributed by atoms with Crippen LogP contribution >= 0.6 is 15.9 Å². The van der Waals surface area contributed by atoms with Gasteiger partial charge in [-0.05, 0) is 18.2 Å². The summed E-state index contributed by atoms with van der Waals surface area (Å²) in [4.78, 5) is 12.9. The molecule has 2 N–H and O–H groups in total. The molecule has 0 fully saturated rings. The van der Waals surface area contributed by atoms with Gasteiger partial charge in [0.1, 0.15) is 0 Å². The van der Waals surface area contributed by atoms with E-state index in [1.807, 2.05) is 0 Å². The number of hydrogen-bond acceptors (Lipinski definition) is 2. The highest BCUT2D eigenvalue weighted by Crippen LogP contribution is 1.85. The van der Waals surface area contributed by atoms with Crippen molar-refractivity contribution >= 4 is 21.8 Å². The lowest BCUT2D eigenvalue weighted by Gasteiger charge is -2.02. The SMILES string of the molecule is CC(O)CCNC(=O)C#CBr. The second kappa shape index (κ2) is 6.20. The minimum absolute atomic E-state index is 0.331. The Bertz CT molecular complexity index is 181. The van der Waals surface area contributed by atoms with Crippen LogP contribution in [0.1, 0.15) is 13.3 Å². The molecule has 0 saturated heterocycles. The van der Waals surface area contributed by atoms with Crippen molar-refractivity contribution in [2.24, 2.45) is 0 Å². The van der Waals surface area contributed by atoms with Crippen LogP contribution in [-0.2, 0) is 4.79 Å². The number of carbonyl (C=O) groups excluding carboxylic acids is 1. The molecule has 62 valence electrons. The maximum absolute atomic E-state index is 10.6. The molecule has 0 heterocycles. The Morgan fingerprint density at radius 2 is 2.45 bits per heavy atom. The van der Waals surface area contributed by atoms with Crippen molar-refractivity contribution in [1.82, 2.24) is 5.32 Å². The molecule has 0 aromatic carbocycles. The van der Waals surface area contributed by atoms with Gasteiger partial charge in [-0.15, -0.1) is 0 Å². The Balaban J connectivity index is 3.37. The Morgan fingerprint density at radius 3 is 2.91 bits per heavy atom. The summed E-state index contributed by atoms with van der Waals surface area (Å²) < 4.78 is 0. The number of aliphatic hydroxyl groups excluding tert-OH is 1. The molecule has 0 bridgehead atoms. The minimum Gasteiger partial charge on any atom is -0.393 e. The maximum Gasteiger partial charge on any atom is 0.296 e. The molecule has 0 aromatic rings. The third-order valence-corrected chi connectivity index (χ3v) is 1.21. The second-order valence-corrected chi connectivity index (χ2v) is 2.51. The summed E-state index contributed by atoms with van der Waals surface area (Å²) in [6, 6.07) is 0. The molecule has 1 amide bonds. The Hall–Kier alpha value is -0.530. The van der Waals surface area contributed by atoms with Crippen LogP contribution < -0.4 is 5.32 Å². The first-order valence-corrected chi connectivity index (χ1v) is 4.03. The van der Waals surface area contributed by atoms with Crippen LogP contribution in [0.3, 0.4) is 0 Å². The van der Waals surface area contributed by atoms with Gasteiger partial charge in [0.25, 0.3) is 5.91 Å². The molecule has 0 aliphatic heterocycles. The number of amides is 1. The molecule has 0 aliphatic rings. The van der Waals surface area contributed by atoms with Crippen LogP contribution in [-0.4, -0.2) is 23.7 Å². The van der Waals surface area contributed by atoms with Crippen molar-refractivity contribution in [1.29, 1.82) is 0 Å². The van der Waals surface area contributed by atoms with E-state index in [1.165, 1.54) is 0 Å². The molecule has 1 unspecified atom stereocenters. The van der Waals surface area contributed by atoms with E-state index >= 15 is 0 Å². The normalized spacial score (nSPS) is 11.2. The van der Waals surface area contributed by atoms with Gasteiger partial charge >= 0.3 is 0 Å². The monoisotopic (exact) mass is 219 g/mol. The second-order valence-electron chi connectivity index (χ2n) is 2.11. The highest BCUT2D eigenvalue weighted by atomic mass is 79.9. The molecule has 0 aromatic heterocycles. The molecule has 11 heavy (non-hydrogen) atoms. The first-order chi connectivity index (χ1) is 5.16. The highest BCUT2D eigenvalue weighted by Gasteiger charge is 1.96. The molecule has 3 nitrogen and oxygen atoms in total. The fourth-order valence-corrected chi connectivity index (χ4v) is 0.662.